The highest BCUT2D eigenvalue weighted by Crippen LogP contribution is 2.30. The number of carbonyl (C=O) groups is 1. The van der Waals surface area contributed by atoms with E-state index < -0.39 is 12.1 Å². The minimum atomic E-state index is -0.791. The van der Waals surface area contributed by atoms with E-state index in [1.165, 1.54) is 6.07 Å². The summed E-state index contributed by atoms with van der Waals surface area (Å²) >= 11 is 0. The standard InChI is InChI=1S/C21H16N2O4/c1-12(19-22-17-9-5-4-8-15(17)20(25)23-19)27-21(26)16-11-10-13-6-2-3-7-14(13)18(16)24/h2-12,24H,1H3,(H,22,23,25)/t12-/m1/s1. The fourth-order valence-corrected chi connectivity index (χ4v) is 3.00. The predicted molar refractivity (Wildman–Crippen MR) is 102 cm³/mol. The summed E-state index contributed by atoms with van der Waals surface area (Å²) < 4.78 is 5.42. The largest absolute Gasteiger partial charge is 0.506 e. The molecule has 1 atom stereocenters. The lowest BCUT2D eigenvalue weighted by atomic mass is 10.1. The Morgan fingerprint density at radius 1 is 1.04 bits per heavy atom. The van der Waals surface area contributed by atoms with Gasteiger partial charge in [0, 0.05) is 5.39 Å². The Morgan fingerprint density at radius 3 is 2.56 bits per heavy atom. The first kappa shape index (κ1) is 16.8. The second kappa shape index (κ2) is 6.57. The number of hydrogen-bond donors (Lipinski definition) is 2. The number of phenols is 1. The number of para-hydroxylation sites is 1. The lowest BCUT2D eigenvalue weighted by Gasteiger charge is -2.14. The van der Waals surface area contributed by atoms with E-state index >= 15 is 0 Å². The normalized spacial score (nSPS) is 12.2. The molecule has 3 aromatic carbocycles. The number of aromatic hydroxyl groups is 1. The van der Waals surface area contributed by atoms with Crippen molar-refractivity contribution in [2.45, 2.75) is 13.0 Å². The van der Waals surface area contributed by atoms with Crippen LogP contribution in [0, 0.1) is 0 Å². The fraction of sp³-hybridized carbons (Fsp3) is 0.0952. The summed E-state index contributed by atoms with van der Waals surface area (Å²) in [4.78, 5) is 31.7. The summed E-state index contributed by atoms with van der Waals surface area (Å²) in [7, 11) is 0. The van der Waals surface area contributed by atoms with Crippen LogP contribution in [0.2, 0.25) is 0 Å². The molecule has 0 radical (unpaired) electrons. The van der Waals surface area contributed by atoms with Gasteiger partial charge in [-0.3, -0.25) is 4.79 Å². The summed E-state index contributed by atoms with van der Waals surface area (Å²) in [5, 5.41) is 12.3. The molecule has 4 rings (SSSR count). The first-order valence-electron chi connectivity index (χ1n) is 8.45. The van der Waals surface area contributed by atoms with E-state index in [1.807, 2.05) is 12.1 Å². The Balaban J connectivity index is 1.65. The zero-order chi connectivity index (χ0) is 19.0. The van der Waals surface area contributed by atoms with Crippen molar-refractivity contribution in [3.8, 4) is 5.75 Å². The molecule has 6 heteroatoms. The summed E-state index contributed by atoms with van der Waals surface area (Å²) in [5.41, 5.74) is 0.281. The number of esters is 1. The van der Waals surface area contributed by atoms with Crippen molar-refractivity contribution < 1.29 is 14.6 Å². The van der Waals surface area contributed by atoms with Crippen LogP contribution < -0.4 is 5.56 Å². The van der Waals surface area contributed by atoms with Crippen LogP contribution in [0.15, 0.2) is 65.5 Å². The van der Waals surface area contributed by atoms with Gasteiger partial charge in [0.2, 0.25) is 0 Å². The first-order chi connectivity index (χ1) is 13.0. The van der Waals surface area contributed by atoms with Gasteiger partial charge in [0.15, 0.2) is 11.9 Å². The average Bonchev–Trinajstić information content (AvgIpc) is 2.68. The number of nitrogens with zero attached hydrogens (tertiary/aromatic N) is 1. The Morgan fingerprint density at radius 2 is 1.74 bits per heavy atom. The number of benzene rings is 3. The predicted octanol–water partition coefficient (Wildman–Crippen LogP) is 3.70. The molecule has 0 amide bonds. The second-order valence-corrected chi connectivity index (χ2v) is 6.20. The molecule has 134 valence electrons. The van der Waals surface area contributed by atoms with E-state index in [1.54, 1.807) is 49.4 Å². The van der Waals surface area contributed by atoms with E-state index in [-0.39, 0.29) is 22.7 Å². The monoisotopic (exact) mass is 360 g/mol. The third kappa shape index (κ3) is 3.01. The van der Waals surface area contributed by atoms with Crippen molar-refractivity contribution >= 4 is 27.6 Å². The van der Waals surface area contributed by atoms with Gasteiger partial charge < -0.3 is 14.8 Å². The minimum absolute atomic E-state index is 0.0590. The summed E-state index contributed by atoms with van der Waals surface area (Å²) in [6.45, 7) is 1.61. The summed E-state index contributed by atoms with van der Waals surface area (Å²) in [6.07, 6.45) is -0.791. The van der Waals surface area contributed by atoms with Crippen molar-refractivity contribution in [2.75, 3.05) is 0 Å². The Hall–Kier alpha value is -3.67. The Kier molecular flexibility index (Phi) is 4.08. The minimum Gasteiger partial charge on any atom is -0.506 e. The highest BCUT2D eigenvalue weighted by molar-refractivity contribution is 6.01. The van der Waals surface area contributed by atoms with E-state index in [0.29, 0.717) is 16.3 Å². The molecule has 4 aromatic rings. The van der Waals surface area contributed by atoms with Crippen LogP contribution in [0.4, 0.5) is 0 Å². The maximum atomic E-state index is 12.5. The van der Waals surface area contributed by atoms with Crippen LogP contribution in [0.5, 0.6) is 5.75 Å². The van der Waals surface area contributed by atoms with Gasteiger partial charge in [-0.05, 0) is 30.5 Å². The Labute approximate surface area is 154 Å². The number of phenolic OH excluding ortho intramolecular Hbond substituents is 1. The molecule has 27 heavy (non-hydrogen) atoms. The number of ether oxygens (including phenoxy) is 1. The zero-order valence-corrected chi connectivity index (χ0v) is 14.5. The Bertz CT molecular complexity index is 1230. The van der Waals surface area contributed by atoms with Gasteiger partial charge in [-0.1, -0.05) is 42.5 Å². The molecule has 0 unspecified atom stereocenters. The van der Waals surface area contributed by atoms with Gasteiger partial charge in [-0.15, -0.1) is 0 Å². The van der Waals surface area contributed by atoms with Crippen molar-refractivity contribution in [1.82, 2.24) is 9.97 Å². The third-order valence-corrected chi connectivity index (χ3v) is 4.42. The molecule has 2 N–H and O–H groups in total. The van der Waals surface area contributed by atoms with Gasteiger partial charge >= 0.3 is 5.97 Å². The van der Waals surface area contributed by atoms with Gasteiger partial charge in [-0.2, -0.15) is 0 Å². The van der Waals surface area contributed by atoms with Crippen LogP contribution >= 0.6 is 0 Å². The quantitative estimate of drug-likeness (QED) is 0.544. The maximum absolute atomic E-state index is 12.5. The molecule has 0 aliphatic heterocycles. The fourth-order valence-electron chi connectivity index (χ4n) is 3.00. The number of aromatic amines is 1. The molecule has 0 fully saturated rings. The summed E-state index contributed by atoms with van der Waals surface area (Å²) in [5.74, 6) is -0.584. The molecular weight excluding hydrogens is 344 g/mol. The van der Waals surface area contributed by atoms with Crippen molar-refractivity contribution in [3.63, 3.8) is 0 Å². The molecule has 0 spiro atoms. The zero-order valence-electron chi connectivity index (χ0n) is 14.5. The highest BCUT2D eigenvalue weighted by Gasteiger charge is 2.20. The molecule has 0 aliphatic carbocycles. The van der Waals surface area contributed by atoms with Crippen LogP contribution in [0.1, 0.15) is 29.2 Å². The highest BCUT2D eigenvalue weighted by atomic mass is 16.5. The molecule has 1 aromatic heterocycles. The first-order valence-corrected chi connectivity index (χ1v) is 8.45. The molecular formula is C21H16N2O4. The molecule has 0 saturated carbocycles. The third-order valence-electron chi connectivity index (χ3n) is 4.42. The lowest BCUT2D eigenvalue weighted by molar-refractivity contribution is 0.0317. The van der Waals surface area contributed by atoms with Gasteiger partial charge in [0.05, 0.1) is 10.9 Å². The molecule has 0 bridgehead atoms. The maximum Gasteiger partial charge on any atom is 0.342 e. The van der Waals surface area contributed by atoms with E-state index in [0.717, 1.165) is 5.39 Å². The van der Waals surface area contributed by atoms with E-state index in [4.69, 9.17) is 4.74 Å². The lowest BCUT2D eigenvalue weighted by Crippen LogP contribution is -2.17. The number of hydrogen-bond acceptors (Lipinski definition) is 5. The molecule has 1 heterocycles. The van der Waals surface area contributed by atoms with Crippen LogP contribution in [0.25, 0.3) is 21.7 Å². The number of aromatic nitrogens is 2. The van der Waals surface area contributed by atoms with Crippen LogP contribution in [0.3, 0.4) is 0 Å². The second-order valence-electron chi connectivity index (χ2n) is 6.20. The topological polar surface area (TPSA) is 92.3 Å². The van der Waals surface area contributed by atoms with Crippen LogP contribution in [-0.2, 0) is 4.74 Å². The summed E-state index contributed by atoms with van der Waals surface area (Å²) in [6, 6.07) is 17.4. The van der Waals surface area contributed by atoms with E-state index in [2.05, 4.69) is 9.97 Å². The molecule has 0 saturated heterocycles. The van der Waals surface area contributed by atoms with Gasteiger partial charge in [0.1, 0.15) is 11.3 Å². The van der Waals surface area contributed by atoms with Crippen molar-refractivity contribution in [1.29, 1.82) is 0 Å². The van der Waals surface area contributed by atoms with Gasteiger partial charge in [0.25, 0.3) is 5.56 Å². The SMILES string of the molecule is C[C@@H](OC(=O)c1ccc2ccccc2c1O)c1nc2ccccc2c(=O)[nH]1. The van der Waals surface area contributed by atoms with Crippen LogP contribution in [-0.4, -0.2) is 21.0 Å². The number of carbonyl (C=O) groups excluding carboxylic acids is 1. The van der Waals surface area contributed by atoms with Crippen molar-refractivity contribution in [3.05, 3.63) is 82.4 Å². The van der Waals surface area contributed by atoms with E-state index in [9.17, 15) is 14.7 Å². The molecule has 0 aliphatic rings. The average molecular weight is 360 g/mol. The van der Waals surface area contributed by atoms with Gasteiger partial charge in [-0.25, -0.2) is 9.78 Å². The number of fused-ring (bicyclic) bond motifs is 2. The number of nitrogens with one attached hydrogen (secondary N) is 1. The number of H-pyrrole nitrogens is 1. The van der Waals surface area contributed by atoms with Crippen molar-refractivity contribution in [2.24, 2.45) is 0 Å². The smallest absolute Gasteiger partial charge is 0.342 e. The molecule has 6 nitrogen and oxygen atoms in total. The number of rotatable bonds is 3.